The third-order valence-electron chi connectivity index (χ3n) is 3.99. The number of aromatic nitrogens is 2. The van der Waals surface area contributed by atoms with E-state index in [0.29, 0.717) is 0 Å². The Hall–Kier alpha value is -2.09. The second-order valence-electron chi connectivity index (χ2n) is 5.07. The van der Waals surface area contributed by atoms with Crippen LogP contribution in [-0.4, -0.2) is 9.97 Å². The lowest BCUT2D eigenvalue weighted by atomic mass is 9.74. The first kappa shape index (κ1) is 12.0. The van der Waals surface area contributed by atoms with E-state index >= 15 is 0 Å². The fourth-order valence-corrected chi connectivity index (χ4v) is 2.67. The van der Waals surface area contributed by atoms with Crippen molar-refractivity contribution in [1.29, 1.82) is 0 Å². The Morgan fingerprint density at radius 1 is 1.21 bits per heavy atom. The maximum Gasteiger partial charge on any atom is 0.0643 e. The fraction of sp³-hybridized carbons (Fsp3) is 0.176. The lowest BCUT2D eigenvalue weighted by Gasteiger charge is -2.29. The molecular formula is C17H17N2. The van der Waals surface area contributed by atoms with Crippen molar-refractivity contribution in [3.05, 3.63) is 73.0 Å². The van der Waals surface area contributed by atoms with Crippen LogP contribution in [0.15, 0.2) is 55.0 Å². The summed E-state index contributed by atoms with van der Waals surface area (Å²) >= 11 is 0. The molecule has 1 N–H and O–H groups in total. The molecule has 0 saturated heterocycles. The van der Waals surface area contributed by atoms with Crippen LogP contribution in [0.4, 0.5) is 0 Å². The first-order valence-electron chi connectivity index (χ1n) is 6.52. The van der Waals surface area contributed by atoms with Crippen LogP contribution in [0.1, 0.15) is 24.5 Å². The van der Waals surface area contributed by atoms with Gasteiger partial charge in [0.1, 0.15) is 0 Å². The SMILES string of the molecule is [CH2]CC(C)(c1ccccc1)c1c[nH]c2cnccc12. The van der Waals surface area contributed by atoms with Gasteiger partial charge >= 0.3 is 0 Å². The molecule has 3 aromatic rings. The van der Waals surface area contributed by atoms with Gasteiger partial charge < -0.3 is 4.98 Å². The molecule has 1 aromatic carbocycles. The largest absolute Gasteiger partial charge is 0.360 e. The average molecular weight is 249 g/mol. The van der Waals surface area contributed by atoms with Crippen LogP contribution in [-0.2, 0) is 5.41 Å². The van der Waals surface area contributed by atoms with Crippen molar-refractivity contribution in [3.8, 4) is 0 Å². The molecular weight excluding hydrogens is 232 g/mol. The highest BCUT2D eigenvalue weighted by atomic mass is 14.7. The van der Waals surface area contributed by atoms with Gasteiger partial charge in [0.2, 0.25) is 0 Å². The number of hydrogen-bond acceptors (Lipinski definition) is 1. The maximum absolute atomic E-state index is 4.17. The third kappa shape index (κ3) is 1.84. The van der Waals surface area contributed by atoms with Gasteiger partial charge in [-0.2, -0.15) is 0 Å². The zero-order chi connectivity index (χ0) is 13.3. The number of fused-ring (bicyclic) bond motifs is 1. The minimum absolute atomic E-state index is 0.0825. The number of pyridine rings is 1. The number of hydrogen-bond donors (Lipinski definition) is 1. The Morgan fingerprint density at radius 3 is 2.74 bits per heavy atom. The first-order valence-corrected chi connectivity index (χ1v) is 6.52. The number of nitrogens with zero attached hydrogens (tertiary/aromatic N) is 1. The summed E-state index contributed by atoms with van der Waals surface area (Å²) < 4.78 is 0. The van der Waals surface area contributed by atoms with Crippen molar-refractivity contribution in [2.45, 2.75) is 18.8 Å². The quantitative estimate of drug-likeness (QED) is 0.744. The summed E-state index contributed by atoms with van der Waals surface area (Å²) in [6.07, 6.45) is 6.61. The minimum Gasteiger partial charge on any atom is -0.360 e. The average Bonchev–Trinajstić information content (AvgIpc) is 2.92. The Morgan fingerprint density at radius 2 is 2.00 bits per heavy atom. The van der Waals surface area contributed by atoms with Gasteiger partial charge in [-0.1, -0.05) is 44.2 Å². The van der Waals surface area contributed by atoms with Crippen molar-refractivity contribution in [3.63, 3.8) is 0 Å². The normalized spacial score (nSPS) is 14.4. The van der Waals surface area contributed by atoms with Gasteiger partial charge in [0.05, 0.1) is 11.7 Å². The lowest BCUT2D eigenvalue weighted by Crippen LogP contribution is -2.22. The second kappa shape index (κ2) is 4.54. The van der Waals surface area contributed by atoms with Crippen LogP contribution in [0, 0.1) is 6.92 Å². The van der Waals surface area contributed by atoms with Crippen LogP contribution in [0.5, 0.6) is 0 Å². The topological polar surface area (TPSA) is 28.7 Å². The monoisotopic (exact) mass is 249 g/mol. The van der Waals surface area contributed by atoms with Gasteiger partial charge in [0.15, 0.2) is 0 Å². The number of nitrogens with one attached hydrogen (secondary N) is 1. The van der Waals surface area contributed by atoms with Crippen LogP contribution in [0.25, 0.3) is 10.9 Å². The lowest BCUT2D eigenvalue weighted by molar-refractivity contribution is 0.583. The second-order valence-corrected chi connectivity index (χ2v) is 5.07. The predicted molar refractivity (Wildman–Crippen MR) is 79.0 cm³/mol. The predicted octanol–water partition coefficient (Wildman–Crippen LogP) is 4.09. The third-order valence-corrected chi connectivity index (χ3v) is 3.99. The van der Waals surface area contributed by atoms with E-state index in [9.17, 15) is 0 Å². The molecule has 0 saturated carbocycles. The molecule has 95 valence electrons. The van der Waals surface area contributed by atoms with E-state index in [-0.39, 0.29) is 5.41 Å². The molecule has 19 heavy (non-hydrogen) atoms. The van der Waals surface area contributed by atoms with Gasteiger partial charge in [-0.15, -0.1) is 0 Å². The Bertz CT molecular complexity index is 685. The smallest absolute Gasteiger partial charge is 0.0643 e. The number of H-pyrrole nitrogens is 1. The van der Waals surface area contributed by atoms with Crippen molar-refractivity contribution in [2.24, 2.45) is 0 Å². The van der Waals surface area contributed by atoms with E-state index in [1.807, 2.05) is 18.5 Å². The van der Waals surface area contributed by atoms with E-state index in [1.54, 1.807) is 0 Å². The summed E-state index contributed by atoms with van der Waals surface area (Å²) in [7, 11) is 0. The fourth-order valence-electron chi connectivity index (χ4n) is 2.67. The summed E-state index contributed by atoms with van der Waals surface area (Å²) in [4.78, 5) is 7.47. The van der Waals surface area contributed by atoms with Gasteiger partial charge in [0, 0.05) is 23.2 Å². The molecule has 0 bridgehead atoms. The molecule has 1 atom stereocenters. The highest BCUT2D eigenvalue weighted by Gasteiger charge is 2.29. The van der Waals surface area contributed by atoms with Crippen LogP contribution in [0.3, 0.4) is 0 Å². The molecule has 2 aromatic heterocycles. The molecule has 2 heterocycles. The van der Waals surface area contributed by atoms with Crippen molar-refractivity contribution >= 4 is 10.9 Å². The zero-order valence-electron chi connectivity index (χ0n) is 11.1. The standard InChI is InChI=1S/C17H17N2/c1-3-17(2,13-7-5-4-6-8-13)15-11-19-16-12-18-10-9-14(15)16/h4-12,19H,1,3H2,2H3. The van der Waals surface area contributed by atoms with Gasteiger partial charge in [-0.3, -0.25) is 4.98 Å². The van der Waals surface area contributed by atoms with Crippen molar-refractivity contribution in [2.75, 3.05) is 0 Å². The molecule has 0 fully saturated rings. The molecule has 3 rings (SSSR count). The van der Waals surface area contributed by atoms with Gasteiger partial charge in [-0.25, -0.2) is 0 Å². The van der Waals surface area contributed by atoms with Gasteiger partial charge in [0.25, 0.3) is 0 Å². The maximum atomic E-state index is 4.17. The minimum atomic E-state index is -0.0825. The number of rotatable bonds is 3. The van der Waals surface area contributed by atoms with E-state index in [0.717, 1.165) is 11.9 Å². The molecule has 0 aliphatic carbocycles. The van der Waals surface area contributed by atoms with E-state index in [4.69, 9.17) is 0 Å². The highest BCUT2D eigenvalue weighted by Crippen LogP contribution is 2.38. The van der Waals surface area contributed by atoms with E-state index < -0.39 is 0 Å². The summed E-state index contributed by atoms with van der Waals surface area (Å²) in [6, 6.07) is 12.6. The van der Waals surface area contributed by atoms with Crippen LogP contribution >= 0.6 is 0 Å². The molecule has 0 amide bonds. The molecule has 0 aliphatic heterocycles. The van der Waals surface area contributed by atoms with Crippen molar-refractivity contribution < 1.29 is 0 Å². The molecule has 2 nitrogen and oxygen atoms in total. The summed E-state index contributed by atoms with van der Waals surface area (Å²) in [5.74, 6) is 0. The Labute approximate surface area is 113 Å². The van der Waals surface area contributed by atoms with Gasteiger partial charge in [-0.05, 0) is 23.6 Å². The molecule has 0 aliphatic rings. The van der Waals surface area contributed by atoms with E-state index in [1.165, 1.54) is 16.5 Å². The molecule has 0 spiro atoms. The first-order chi connectivity index (χ1) is 9.25. The summed E-state index contributed by atoms with van der Waals surface area (Å²) in [5.41, 5.74) is 3.57. The van der Waals surface area contributed by atoms with Crippen LogP contribution in [0.2, 0.25) is 0 Å². The summed E-state index contributed by atoms with van der Waals surface area (Å²) in [6.45, 7) is 6.42. The Balaban J connectivity index is 2.22. The highest BCUT2D eigenvalue weighted by molar-refractivity contribution is 5.84. The van der Waals surface area contributed by atoms with Crippen molar-refractivity contribution in [1.82, 2.24) is 9.97 Å². The Kier molecular flexibility index (Phi) is 2.86. The summed E-state index contributed by atoms with van der Waals surface area (Å²) in [5, 5.41) is 1.23. The number of benzene rings is 1. The van der Waals surface area contributed by atoms with Crippen LogP contribution < -0.4 is 0 Å². The number of aromatic amines is 1. The van der Waals surface area contributed by atoms with E-state index in [2.05, 4.69) is 60.3 Å². The molecule has 1 radical (unpaired) electrons. The molecule has 1 unspecified atom stereocenters. The molecule has 2 heteroatoms. The zero-order valence-corrected chi connectivity index (χ0v) is 11.1.